The number of hydrogen-bond donors (Lipinski definition) is 0. The van der Waals surface area contributed by atoms with Crippen molar-refractivity contribution in [3.63, 3.8) is 0 Å². The van der Waals surface area contributed by atoms with E-state index in [4.69, 9.17) is 5.53 Å². The molecule has 1 aliphatic heterocycles. The summed E-state index contributed by atoms with van der Waals surface area (Å²) in [6.45, 7) is 2.87. The van der Waals surface area contributed by atoms with Crippen molar-refractivity contribution in [3.8, 4) is 0 Å². The lowest BCUT2D eigenvalue weighted by atomic mass is 10.2. The molecule has 0 bridgehead atoms. The van der Waals surface area contributed by atoms with Crippen molar-refractivity contribution in [2.24, 2.45) is 5.11 Å². The topological polar surface area (TPSA) is 52.0 Å². The van der Waals surface area contributed by atoms with Crippen LogP contribution in [0.25, 0.3) is 10.4 Å². The molecule has 1 aromatic carbocycles. The third kappa shape index (κ3) is 2.72. The average molecular weight is 202 g/mol. The first-order chi connectivity index (χ1) is 7.38. The van der Waals surface area contributed by atoms with Gasteiger partial charge in [0.15, 0.2) is 0 Å². The van der Waals surface area contributed by atoms with Gasteiger partial charge in [-0.05, 0) is 24.1 Å². The van der Waals surface area contributed by atoms with Crippen molar-refractivity contribution in [2.45, 2.75) is 19.0 Å². The van der Waals surface area contributed by atoms with Gasteiger partial charge in [0.25, 0.3) is 0 Å². The molecule has 1 aliphatic rings. The standard InChI is InChI=1S/C11H14N4/c12-14-13-11-6-7-15(9-11)8-10-4-2-1-3-5-10/h1-5,11H,6-9H2/t11-/m0/s1. The van der Waals surface area contributed by atoms with Gasteiger partial charge in [0.1, 0.15) is 0 Å². The van der Waals surface area contributed by atoms with Crippen LogP contribution in [0.4, 0.5) is 0 Å². The van der Waals surface area contributed by atoms with Gasteiger partial charge in [0, 0.05) is 18.0 Å². The van der Waals surface area contributed by atoms with Gasteiger partial charge in [0.2, 0.25) is 0 Å². The summed E-state index contributed by atoms with van der Waals surface area (Å²) in [7, 11) is 0. The maximum absolute atomic E-state index is 8.34. The summed E-state index contributed by atoms with van der Waals surface area (Å²) in [6, 6.07) is 10.5. The van der Waals surface area contributed by atoms with E-state index in [0.717, 1.165) is 26.1 Å². The third-order valence-electron chi connectivity index (χ3n) is 2.71. The maximum atomic E-state index is 8.34. The van der Waals surface area contributed by atoms with Crippen LogP contribution >= 0.6 is 0 Å². The molecule has 1 fully saturated rings. The van der Waals surface area contributed by atoms with Crippen LogP contribution in [0.5, 0.6) is 0 Å². The van der Waals surface area contributed by atoms with E-state index in [-0.39, 0.29) is 6.04 Å². The van der Waals surface area contributed by atoms with Crippen LogP contribution < -0.4 is 0 Å². The molecule has 2 rings (SSSR count). The molecule has 1 heterocycles. The largest absolute Gasteiger partial charge is 0.299 e. The van der Waals surface area contributed by atoms with Gasteiger partial charge in [-0.25, -0.2) is 0 Å². The minimum absolute atomic E-state index is 0.165. The number of azide groups is 1. The molecule has 0 spiro atoms. The van der Waals surface area contributed by atoms with E-state index in [0.29, 0.717) is 0 Å². The Kier molecular flexibility index (Phi) is 3.22. The zero-order chi connectivity index (χ0) is 10.5. The van der Waals surface area contributed by atoms with Crippen LogP contribution in [-0.2, 0) is 6.54 Å². The molecule has 0 amide bonds. The van der Waals surface area contributed by atoms with Gasteiger partial charge in [0.05, 0.1) is 6.04 Å². The fourth-order valence-corrected chi connectivity index (χ4v) is 1.96. The highest BCUT2D eigenvalue weighted by molar-refractivity contribution is 5.14. The number of benzene rings is 1. The monoisotopic (exact) mass is 202 g/mol. The SMILES string of the molecule is [N-]=[N+]=N[C@H]1CCN(Cc2ccccc2)C1. The molecule has 0 N–H and O–H groups in total. The van der Waals surface area contributed by atoms with E-state index in [1.54, 1.807) is 0 Å². The molecule has 4 nitrogen and oxygen atoms in total. The van der Waals surface area contributed by atoms with E-state index >= 15 is 0 Å². The second kappa shape index (κ2) is 4.82. The van der Waals surface area contributed by atoms with Gasteiger partial charge in [-0.2, -0.15) is 0 Å². The second-order valence-electron chi connectivity index (χ2n) is 3.87. The molecule has 78 valence electrons. The number of nitrogens with zero attached hydrogens (tertiary/aromatic N) is 4. The lowest BCUT2D eigenvalue weighted by molar-refractivity contribution is 0.327. The predicted molar refractivity (Wildman–Crippen MR) is 59.3 cm³/mol. The number of likely N-dealkylation sites (tertiary alicyclic amines) is 1. The molecule has 15 heavy (non-hydrogen) atoms. The lowest BCUT2D eigenvalue weighted by Gasteiger charge is -2.14. The first kappa shape index (κ1) is 10.0. The van der Waals surface area contributed by atoms with Crippen molar-refractivity contribution < 1.29 is 0 Å². The molecule has 0 unspecified atom stereocenters. The number of rotatable bonds is 3. The molecule has 1 saturated heterocycles. The fraction of sp³-hybridized carbons (Fsp3) is 0.455. The normalized spacial score (nSPS) is 21.2. The van der Waals surface area contributed by atoms with E-state index in [1.807, 2.05) is 6.07 Å². The highest BCUT2D eigenvalue weighted by Crippen LogP contribution is 2.15. The third-order valence-corrected chi connectivity index (χ3v) is 2.71. The molecular formula is C11H14N4. The van der Waals surface area contributed by atoms with Gasteiger partial charge >= 0.3 is 0 Å². The lowest BCUT2D eigenvalue weighted by Crippen LogP contribution is -2.20. The first-order valence-corrected chi connectivity index (χ1v) is 5.19. The van der Waals surface area contributed by atoms with Crippen LogP contribution in [0, 0.1) is 0 Å². The van der Waals surface area contributed by atoms with Crippen LogP contribution in [0.3, 0.4) is 0 Å². The van der Waals surface area contributed by atoms with Crippen molar-refractivity contribution >= 4 is 0 Å². The molecule has 0 radical (unpaired) electrons. The Balaban J connectivity index is 1.90. The molecule has 0 aromatic heterocycles. The molecule has 4 heteroatoms. The Morgan fingerprint density at radius 3 is 2.93 bits per heavy atom. The zero-order valence-corrected chi connectivity index (χ0v) is 8.58. The first-order valence-electron chi connectivity index (χ1n) is 5.19. The smallest absolute Gasteiger partial charge is 0.0513 e. The van der Waals surface area contributed by atoms with Gasteiger partial charge in [-0.1, -0.05) is 35.4 Å². The quantitative estimate of drug-likeness (QED) is 0.422. The predicted octanol–water partition coefficient (Wildman–Crippen LogP) is 2.57. The Bertz CT molecular complexity index is 356. The van der Waals surface area contributed by atoms with Crippen LogP contribution in [0.1, 0.15) is 12.0 Å². The van der Waals surface area contributed by atoms with Crippen LogP contribution in [0.2, 0.25) is 0 Å². The Labute approximate surface area is 89.1 Å². The molecule has 1 aromatic rings. The average Bonchev–Trinajstić information content (AvgIpc) is 2.68. The highest BCUT2D eigenvalue weighted by Gasteiger charge is 2.20. The molecule has 1 atom stereocenters. The van der Waals surface area contributed by atoms with Crippen molar-refractivity contribution in [1.82, 2.24) is 4.90 Å². The summed E-state index contributed by atoms with van der Waals surface area (Å²) < 4.78 is 0. The zero-order valence-electron chi connectivity index (χ0n) is 8.58. The Hall–Kier alpha value is -1.51. The number of hydrogen-bond acceptors (Lipinski definition) is 2. The summed E-state index contributed by atoms with van der Waals surface area (Å²) in [5.41, 5.74) is 9.66. The summed E-state index contributed by atoms with van der Waals surface area (Å²) in [5.74, 6) is 0. The van der Waals surface area contributed by atoms with Gasteiger partial charge in [-0.15, -0.1) is 0 Å². The van der Waals surface area contributed by atoms with E-state index in [9.17, 15) is 0 Å². The molecular weight excluding hydrogens is 188 g/mol. The second-order valence-corrected chi connectivity index (χ2v) is 3.87. The minimum Gasteiger partial charge on any atom is -0.299 e. The van der Waals surface area contributed by atoms with Crippen molar-refractivity contribution in [2.75, 3.05) is 13.1 Å². The maximum Gasteiger partial charge on any atom is 0.0513 e. The summed E-state index contributed by atoms with van der Waals surface area (Å²) in [4.78, 5) is 5.19. The summed E-state index contributed by atoms with van der Waals surface area (Å²) in [5, 5.41) is 3.75. The van der Waals surface area contributed by atoms with Crippen LogP contribution in [-0.4, -0.2) is 24.0 Å². The molecule has 0 aliphatic carbocycles. The Morgan fingerprint density at radius 2 is 2.20 bits per heavy atom. The van der Waals surface area contributed by atoms with Crippen LogP contribution in [0.15, 0.2) is 35.4 Å². The van der Waals surface area contributed by atoms with E-state index in [2.05, 4.69) is 39.2 Å². The van der Waals surface area contributed by atoms with Gasteiger partial charge < -0.3 is 0 Å². The fourth-order valence-electron chi connectivity index (χ4n) is 1.96. The van der Waals surface area contributed by atoms with E-state index in [1.165, 1.54) is 5.56 Å². The van der Waals surface area contributed by atoms with Gasteiger partial charge in [-0.3, -0.25) is 4.90 Å². The molecule has 0 saturated carbocycles. The summed E-state index contributed by atoms with van der Waals surface area (Å²) >= 11 is 0. The van der Waals surface area contributed by atoms with Crippen molar-refractivity contribution in [3.05, 3.63) is 46.3 Å². The Morgan fingerprint density at radius 1 is 1.40 bits per heavy atom. The van der Waals surface area contributed by atoms with E-state index < -0.39 is 0 Å². The highest BCUT2D eigenvalue weighted by atomic mass is 15.2. The summed E-state index contributed by atoms with van der Waals surface area (Å²) in [6.07, 6.45) is 0.983. The van der Waals surface area contributed by atoms with Crippen molar-refractivity contribution in [1.29, 1.82) is 0 Å². The minimum atomic E-state index is 0.165.